The molecular weight excluding hydrogens is 300 g/mol. The minimum atomic E-state index is -3.85. The van der Waals surface area contributed by atoms with Gasteiger partial charge in [0.2, 0.25) is 10.0 Å². The van der Waals surface area contributed by atoms with Gasteiger partial charge in [-0.25, -0.2) is 13.1 Å². The second-order valence-corrected chi connectivity index (χ2v) is 5.65. The highest BCUT2D eigenvalue weighted by atomic mass is 32.2. The molecule has 1 amide bonds. The van der Waals surface area contributed by atoms with Gasteiger partial charge in [0.1, 0.15) is 5.75 Å². The lowest BCUT2D eigenvalue weighted by Crippen LogP contribution is -2.24. The average Bonchev–Trinajstić information content (AvgIpc) is 2.97. The molecule has 0 aliphatic carbocycles. The van der Waals surface area contributed by atoms with Gasteiger partial charge < -0.3 is 10.5 Å². The van der Waals surface area contributed by atoms with Crippen molar-refractivity contribution >= 4 is 15.9 Å². The molecule has 1 aromatic carbocycles. The quantitative estimate of drug-likeness (QED) is 0.604. The van der Waals surface area contributed by atoms with Crippen molar-refractivity contribution in [2.45, 2.75) is 11.4 Å². The zero-order chi connectivity index (χ0) is 15.5. The number of amides is 1. The predicted octanol–water partition coefficient (Wildman–Crippen LogP) is -1.21. The van der Waals surface area contributed by atoms with E-state index in [1.807, 2.05) is 0 Å². The van der Waals surface area contributed by atoms with E-state index in [-0.39, 0.29) is 28.6 Å². The molecule has 11 heteroatoms. The zero-order valence-corrected chi connectivity index (χ0v) is 11.7. The van der Waals surface area contributed by atoms with Crippen LogP contribution in [-0.2, 0) is 16.6 Å². The molecule has 2 aromatic rings. The van der Waals surface area contributed by atoms with Gasteiger partial charge in [-0.2, -0.15) is 5.21 Å². The number of primary amides is 1. The average molecular weight is 312 g/mol. The van der Waals surface area contributed by atoms with Gasteiger partial charge in [0.15, 0.2) is 5.82 Å². The summed E-state index contributed by atoms with van der Waals surface area (Å²) in [5.41, 5.74) is 5.16. The first-order valence-corrected chi connectivity index (χ1v) is 7.12. The van der Waals surface area contributed by atoms with Crippen LogP contribution in [0.2, 0.25) is 0 Å². The van der Waals surface area contributed by atoms with Gasteiger partial charge in [-0.05, 0) is 18.2 Å². The summed E-state index contributed by atoms with van der Waals surface area (Å²) in [6.07, 6.45) is 0. The number of hydrogen-bond donors (Lipinski definition) is 3. The van der Waals surface area contributed by atoms with Crippen LogP contribution in [0.4, 0.5) is 0 Å². The van der Waals surface area contributed by atoms with Crippen LogP contribution in [-0.4, -0.2) is 42.1 Å². The number of hydrogen-bond acceptors (Lipinski definition) is 7. The molecule has 21 heavy (non-hydrogen) atoms. The van der Waals surface area contributed by atoms with Crippen LogP contribution >= 0.6 is 0 Å². The summed E-state index contributed by atoms with van der Waals surface area (Å²) in [5.74, 6) is -0.413. The molecular formula is C10H12N6O4S. The predicted molar refractivity (Wildman–Crippen MR) is 69.7 cm³/mol. The molecule has 112 valence electrons. The number of rotatable bonds is 6. The van der Waals surface area contributed by atoms with E-state index in [9.17, 15) is 13.2 Å². The summed E-state index contributed by atoms with van der Waals surface area (Å²) in [7, 11) is -2.50. The fourth-order valence-corrected chi connectivity index (χ4v) is 2.55. The number of aromatic nitrogens is 4. The first kappa shape index (κ1) is 14.9. The fraction of sp³-hybridized carbons (Fsp3) is 0.200. The Kier molecular flexibility index (Phi) is 4.14. The molecule has 0 unspecified atom stereocenters. The fourth-order valence-electron chi connectivity index (χ4n) is 1.55. The number of ether oxygens (including phenoxy) is 1. The van der Waals surface area contributed by atoms with Gasteiger partial charge in [-0.1, -0.05) is 5.21 Å². The van der Waals surface area contributed by atoms with E-state index in [0.29, 0.717) is 0 Å². The Balaban J connectivity index is 2.27. The van der Waals surface area contributed by atoms with E-state index in [1.54, 1.807) is 0 Å². The smallest absolute Gasteiger partial charge is 0.252 e. The lowest BCUT2D eigenvalue weighted by Gasteiger charge is -2.09. The van der Waals surface area contributed by atoms with Crippen LogP contribution in [0.25, 0.3) is 0 Å². The Bertz CT molecular complexity index is 743. The van der Waals surface area contributed by atoms with Crippen molar-refractivity contribution in [2.24, 2.45) is 5.73 Å². The van der Waals surface area contributed by atoms with Gasteiger partial charge in [0.05, 0.1) is 24.1 Å². The summed E-state index contributed by atoms with van der Waals surface area (Å²) < 4.78 is 31.4. The number of carbonyl (C=O) groups is 1. The molecule has 0 spiro atoms. The minimum Gasteiger partial charge on any atom is -0.496 e. The Hall–Kier alpha value is -2.53. The van der Waals surface area contributed by atoms with E-state index in [0.717, 1.165) is 6.07 Å². The third-order valence-corrected chi connectivity index (χ3v) is 3.96. The molecule has 1 heterocycles. The highest BCUT2D eigenvalue weighted by molar-refractivity contribution is 7.89. The van der Waals surface area contributed by atoms with Crippen molar-refractivity contribution < 1.29 is 17.9 Å². The normalized spacial score (nSPS) is 11.3. The van der Waals surface area contributed by atoms with Crippen LogP contribution in [0.3, 0.4) is 0 Å². The van der Waals surface area contributed by atoms with Crippen molar-refractivity contribution in [3.8, 4) is 5.75 Å². The number of tetrazole rings is 1. The number of nitrogens with one attached hydrogen (secondary N) is 2. The van der Waals surface area contributed by atoms with Crippen molar-refractivity contribution in [2.75, 3.05) is 7.11 Å². The number of sulfonamides is 1. The minimum absolute atomic E-state index is 0.0278. The van der Waals surface area contributed by atoms with Crippen molar-refractivity contribution in [1.82, 2.24) is 25.3 Å². The second-order valence-electron chi connectivity index (χ2n) is 3.88. The maximum Gasteiger partial charge on any atom is 0.252 e. The number of methoxy groups -OCH3 is 1. The van der Waals surface area contributed by atoms with E-state index >= 15 is 0 Å². The number of carbonyl (C=O) groups excluding carboxylic acids is 1. The van der Waals surface area contributed by atoms with Crippen LogP contribution in [0, 0.1) is 0 Å². The van der Waals surface area contributed by atoms with Gasteiger partial charge in [-0.15, -0.1) is 10.2 Å². The Morgan fingerprint density at radius 3 is 2.81 bits per heavy atom. The maximum absolute atomic E-state index is 12.1. The largest absolute Gasteiger partial charge is 0.496 e. The van der Waals surface area contributed by atoms with E-state index in [1.165, 1.54) is 19.2 Å². The number of H-pyrrole nitrogens is 1. The van der Waals surface area contributed by atoms with Crippen molar-refractivity contribution in [3.05, 3.63) is 29.6 Å². The van der Waals surface area contributed by atoms with Crippen LogP contribution in [0.1, 0.15) is 16.2 Å². The van der Waals surface area contributed by atoms with Gasteiger partial charge >= 0.3 is 0 Å². The standard InChI is InChI=1S/C10H12N6O4S/c1-20-8-3-2-6(4-7(8)10(11)17)21(18,19)12-5-9-13-15-16-14-9/h2-4,12H,5H2,1H3,(H2,11,17)(H,13,14,15,16). The number of benzene rings is 1. The van der Waals surface area contributed by atoms with E-state index in [2.05, 4.69) is 25.3 Å². The van der Waals surface area contributed by atoms with Crippen LogP contribution in [0.5, 0.6) is 5.75 Å². The third-order valence-electron chi connectivity index (χ3n) is 2.56. The molecule has 1 aromatic heterocycles. The molecule has 4 N–H and O–H groups in total. The maximum atomic E-state index is 12.1. The van der Waals surface area contributed by atoms with Gasteiger partial charge in [-0.3, -0.25) is 4.79 Å². The van der Waals surface area contributed by atoms with E-state index < -0.39 is 15.9 Å². The molecule has 0 radical (unpaired) electrons. The summed E-state index contributed by atoms with van der Waals surface area (Å²) >= 11 is 0. The highest BCUT2D eigenvalue weighted by Crippen LogP contribution is 2.22. The lowest BCUT2D eigenvalue weighted by molar-refractivity contribution is 0.0997. The lowest BCUT2D eigenvalue weighted by atomic mass is 10.2. The molecule has 0 atom stereocenters. The monoisotopic (exact) mass is 312 g/mol. The summed E-state index contributed by atoms with van der Waals surface area (Å²) in [4.78, 5) is 11.2. The first-order valence-electron chi connectivity index (χ1n) is 5.64. The molecule has 0 saturated heterocycles. The molecule has 0 fully saturated rings. The zero-order valence-electron chi connectivity index (χ0n) is 10.9. The molecule has 2 rings (SSSR count). The van der Waals surface area contributed by atoms with E-state index in [4.69, 9.17) is 10.5 Å². The summed E-state index contributed by atoms with van der Waals surface area (Å²) in [5, 5.41) is 12.7. The van der Waals surface area contributed by atoms with Crippen LogP contribution in [0.15, 0.2) is 23.1 Å². The SMILES string of the molecule is COc1ccc(S(=O)(=O)NCc2nn[nH]n2)cc1C(N)=O. The Morgan fingerprint density at radius 2 is 2.24 bits per heavy atom. The highest BCUT2D eigenvalue weighted by Gasteiger charge is 2.19. The number of nitrogens with zero attached hydrogens (tertiary/aromatic N) is 3. The molecule has 0 saturated carbocycles. The molecule has 0 aliphatic heterocycles. The topological polar surface area (TPSA) is 153 Å². The van der Waals surface area contributed by atoms with Gasteiger partial charge in [0, 0.05) is 0 Å². The summed E-state index contributed by atoms with van der Waals surface area (Å²) in [6, 6.07) is 3.78. The number of nitrogens with two attached hydrogens (primary N) is 1. The first-order chi connectivity index (χ1) is 9.94. The Morgan fingerprint density at radius 1 is 1.48 bits per heavy atom. The number of aromatic amines is 1. The Labute approximate surface area is 119 Å². The summed E-state index contributed by atoms with van der Waals surface area (Å²) in [6.45, 7) is -0.142. The molecule has 10 nitrogen and oxygen atoms in total. The second kappa shape index (κ2) is 5.85. The molecule has 0 bridgehead atoms. The van der Waals surface area contributed by atoms with Crippen LogP contribution < -0.4 is 15.2 Å². The van der Waals surface area contributed by atoms with Gasteiger partial charge in [0.25, 0.3) is 5.91 Å². The molecule has 0 aliphatic rings. The third kappa shape index (κ3) is 3.32. The van der Waals surface area contributed by atoms with Crippen molar-refractivity contribution in [3.63, 3.8) is 0 Å². The van der Waals surface area contributed by atoms with Crippen molar-refractivity contribution in [1.29, 1.82) is 0 Å².